The van der Waals surface area contributed by atoms with E-state index in [1.54, 1.807) is 0 Å². The minimum absolute atomic E-state index is 0.0952. The zero-order chi connectivity index (χ0) is 16.9. The lowest BCUT2D eigenvalue weighted by atomic mass is 10.0. The third-order valence-electron chi connectivity index (χ3n) is 4.87. The summed E-state index contributed by atoms with van der Waals surface area (Å²) in [6.45, 7) is 6.35. The fraction of sp³-hybridized carbons (Fsp3) is 0.350. The molecule has 3 rings (SSSR count). The van der Waals surface area contributed by atoms with E-state index in [-0.39, 0.29) is 6.61 Å². The highest BCUT2D eigenvalue weighted by atomic mass is 16.3. The van der Waals surface area contributed by atoms with Gasteiger partial charge in [-0.2, -0.15) is 5.26 Å². The van der Waals surface area contributed by atoms with E-state index in [1.807, 2.05) is 36.4 Å². The molecule has 124 valence electrons. The molecule has 4 heteroatoms. The smallest absolute Gasteiger partial charge is 0.0991 e. The molecule has 2 aromatic carbocycles. The van der Waals surface area contributed by atoms with Crippen LogP contribution < -0.4 is 4.90 Å². The third-order valence-corrected chi connectivity index (χ3v) is 4.87. The summed E-state index contributed by atoms with van der Waals surface area (Å²) in [5.41, 5.74) is 4.14. The number of aliphatic hydroxyl groups excluding tert-OH is 1. The summed E-state index contributed by atoms with van der Waals surface area (Å²) in [6, 6.07) is 18.6. The molecular formula is C20H23N3O. The third kappa shape index (κ3) is 3.59. The molecule has 0 unspecified atom stereocenters. The van der Waals surface area contributed by atoms with E-state index >= 15 is 0 Å². The lowest BCUT2D eigenvalue weighted by molar-refractivity contribution is 0.198. The van der Waals surface area contributed by atoms with Crippen molar-refractivity contribution in [2.24, 2.45) is 0 Å². The summed E-state index contributed by atoms with van der Waals surface area (Å²) in [4.78, 5) is 4.87. The van der Waals surface area contributed by atoms with Gasteiger partial charge in [-0.05, 0) is 42.3 Å². The number of benzene rings is 2. The van der Waals surface area contributed by atoms with Gasteiger partial charge in [0.2, 0.25) is 0 Å². The van der Waals surface area contributed by atoms with Crippen molar-refractivity contribution in [2.75, 3.05) is 31.1 Å². The van der Waals surface area contributed by atoms with Crippen molar-refractivity contribution in [3.05, 3.63) is 65.2 Å². The molecular weight excluding hydrogens is 298 g/mol. The first kappa shape index (κ1) is 16.5. The van der Waals surface area contributed by atoms with Crippen LogP contribution in [-0.4, -0.2) is 36.2 Å². The van der Waals surface area contributed by atoms with Crippen LogP contribution in [0.1, 0.15) is 29.7 Å². The maximum Gasteiger partial charge on any atom is 0.0991 e. The number of rotatable bonds is 4. The largest absolute Gasteiger partial charge is 0.392 e. The fourth-order valence-corrected chi connectivity index (χ4v) is 3.23. The molecule has 1 N–H and O–H groups in total. The molecule has 1 fully saturated rings. The topological polar surface area (TPSA) is 50.5 Å². The summed E-state index contributed by atoms with van der Waals surface area (Å²) in [5, 5.41) is 18.0. The van der Waals surface area contributed by atoms with E-state index in [0.29, 0.717) is 11.6 Å². The molecule has 0 amide bonds. The normalized spacial score (nSPS) is 16.6. The molecule has 1 atom stereocenters. The predicted molar refractivity (Wildman–Crippen MR) is 95.7 cm³/mol. The Hall–Kier alpha value is -2.35. The van der Waals surface area contributed by atoms with Gasteiger partial charge >= 0.3 is 0 Å². The minimum atomic E-state index is 0.0952. The molecule has 1 saturated heterocycles. The van der Waals surface area contributed by atoms with Crippen LogP contribution in [0.3, 0.4) is 0 Å². The standard InChI is InChI=1S/C20H23N3O/c1-16(19-6-2-18(15-24)3-7-19)22-10-12-23(13-11-22)20-8-4-17(14-21)5-9-20/h2-9,16,24H,10-13,15H2,1H3/t16-/m1/s1. The Labute approximate surface area is 143 Å². The Bertz CT molecular complexity index is 695. The Morgan fingerprint density at radius 2 is 1.62 bits per heavy atom. The van der Waals surface area contributed by atoms with Gasteiger partial charge in [-0.25, -0.2) is 0 Å². The second-order valence-electron chi connectivity index (χ2n) is 6.26. The number of piperazine rings is 1. The first-order valence-corrected chi connectivity index (χ1v) is 8.40. The highest BCUT2D eigenvalue weighted by Gasteiger charge is 2.22. The number of aliphatic hydroxyl groups is 1. The fourth-order valence-electron chi connectivity index (χ4n) is 3.23. The second kappa shape index (κ2) is 7.48. The van der Waals surface area contributed by atoms with Crippen LogP contribution in [0, 0.1) is 11.3 Å². The number of anilines is 1. The minimum Gasteiger partial charge on any atom is -0.392 e. The molecule has 0 aromatic heterocycles. The maximum absolute atomic E-state index is 9.15. The highest BCUT2D eigenvalue weighted by molar-refractivity contribution is 5.50. The highest BCUT2D eigenvalue weighted by Crippen LogP contribution is 2.24. The van der Waals surface area contributed by atoms with E-state index < -0.39 is 0 Å². The van der Waals surface area contributed by atoms with Crippen molar-refractivity contribution in [3.8, 4) is 6.07 Å². The van der Waals surface area contributed by atoms with Crippen LogP contribution >= 0.6 is 0 Å². The number of nitrogens with zero attached hydrogens (tertiary/aromatic N) is 3. The number of hydrogen-bond donors (Lipinski definition) is 1. The molecule has 1 heterocycles. The Kier molecular flexibility index (Phi) is 5.14. The summed E-state index contributed by atoms with van der Waals surface area (Å²) < 4.78 is 0. The van der Waals surface area contributed by atoms with E-state index in [9.17, 15) is 0 Å². The van der Waals surface area contributed by atoms with Crippen molar-refractivity contribution in [2.45, 2.75) is 19.6 Å². The van der Waals surface area contributed by atoms with Gasteiger partial charge in [-0.3, -0.25) is 4.90 Å². The van der Waals surface area contributed by atoms with Crippen molar-refractivity contribution in [3.63, 3.8) is 0 Å². The molecule has 1 aliphatic heterocycles. The number of nitriles is 1. The van der Waals surface area contributed by atoms with Gasteiger partial charge in [-0.1, -0.05) is 24.3 Å². The van der Waals surface area contributed by atoms with Crippen LogP contribution in [0.2, 0.25) is 0 Å². The first-order chi connectivity index (χ1) is 11.7. The van der Waals surface area contributed by atoms with Gasteiger partial charge in [0, 0.05) is 37.9 Å². The van der Waals surface area contributed by atoms with Gasteiger partial charge in [0.1, 0.15) is 0 Å². The van der Waals surface area contributed by atoms with Gasteiger partial charge in [0.05, 0.1) is 18.2 Å². The molecule has 0 bridgehead atoms. The molecule has 0 radical (unpaired) electrons. The van der Waals surface area contributed by atoms with Crippen LogP contribution in [0.5, 0.6) is 0 Å². The van der Waals surface area contributed by atoms with E-state index in [2.05, 4.69) is 34.9 Å². The van der Waals surface area contributed by atoms with E-state index in [0.717, 1.165) is 31.7 Å². The first-order valence-electron chi connectivity index (χ1n) is 8.40. The summed E-state index contributed by atoms with van der Waals surface area (Å²) in [7, 11) is 0. The molecule has 0 saturated carbocycles. The maximum atomic E-state index is 9.15. The van der Waals surface area contributed by atoms with Crippen LogP contribution in [0.15, 0.2) is 48.5 Å². The quantitative estimate of drug-likeness (QED) is 0.941. The van der Waals surface area contributed by atoms with E-state index in [4.69, 9.17) is 10.4 Å². The van der Waals surface area contributed by atoms with Gasteiger partial charge in [0.25, 0.3) is 0 Å². The summed E-state index contributed by atoms with van der Waals surface area (Å²) in [5.74, 6) is 0. The molecule has 0 spiro atoms. The molecule has 2 aromatic rings. The van der Waals surface area contributed by atoms with Crippen molar-refractivity contribution in [1.29, 1.82) is 5.26 Å². The van der Waals surface area contributed by atoms with Crippen molar-refractivity contribution in [1.82, 2.24) is 4.90 Å². The Morgan fingerprint density at radius 1 is 1.00 bits per heavy atom. The Balaban J connectivity index is 1.60. The zero-order valence-corrected chi connectivity index (χ0v) is 14.0. The lowest BCUT2D eigenvalue weighted by Crippen LogP contribution is -2.47. The Morgan fingerprint density at radius 3 is 2.17 bits per heavy atom. The average Bonchev–Trinajstić information content (AvgIpc) is 2.68. The van der Waals surface area contributed by atoms with Crippen molar-refractivity contribution >= 4 is 5.69 Å². The van der Waals surface area contributed by atoms with Crippen molar-refractivity contribution < 1.29 is 5.11 Å². The van der Waals surface area contributed by atoms with Crippen LogP contribution in [0.25, 0.3) is 0 Å². The van der Waals surface area contributed by atoms with Gasteiger partial charge < -0.3 is 10.0 Å². The molecule has 4 nitrogen and oxygen atoms in total. The number of hydrogen-bond acceptors (Lipinski definition) is 4. The molecule has 24 heavy (non-hydrogen) atoms. The van der Waals surface area contributed by atoms with Crippen LogP contribution in [-0.2, 0) is 6.61 Å². The molecule has 0 aliphatic carbocycles. The lowest BCUT2D eigenvalue weighted by Gasteiger charge is -2.39. The predicted octanol–water partition coefficient (Wildman–Crippen LogP) is 2.93. The average molecular weight is 321 g/mol. The zero-order valence-electron chi connectivity index (χ0n) is 14.0. The monoisotopic (exact) mass is 321 g/mol. The van der Waals surface area contributed by atoms with Gasteiger partial charge in [0.15, 0.2) is 0 Å². The van der Waals surface area contributed by atoms with E-state index in [1.165, 1.54) is 11.3 Å². The summed E-state index contributed by atoms with van der Waals surface area (Å²) >= 11 is 0. The SMILES string of the molecule is C[C@H](c1ccc(CO)cc1)N1CCN(c2ccc(C#N)cc2)CC1. The van der Waals surface area contributed by atoms with Crippen LogP contribution in [0.4, 0.5) is 5.69 Å². The second-order valence-corrected chi connectivity index (χ2v) is 6.26. The molecule has 1 aliphatic rings. The van der Waals surface area contributed by atoms with Gasteiger partial charge in [-0.15, -0.1) is 0 Å². The summed E-state index contributed by atoms with van der Waals surface area (Å²) in [6.07, 6.45) is 0.